The third kappa shape index (κ3) is 4.95. The monoisotopic (exact) mass is 322 g/mol. The Morgan fingerprint density at radius 2 is 1.73 bits per heavy atom. The number of aryl methyl sites for hydroxylation is 1. The van der Waals surface area contributed by atoms with Crippen molar-refractivity contribution in [3.8, 4) is 0 Å². The second kappa shape index (κ2) is 7.42. The third-order valence-electron chi connectivity index (χ3n) is 4.26. The molecular weight excluding hydrogens is 292 g/mol. The molecule has 0 saturated heterocycles. The quantitative estimate of drug-likeness (QED) is 0.545. The lowest BCUT2D eigenvalue weighted by Gasteiger charge is -2.38. The van der Waals surface area contributed by atoms with Crippen molar-refractivity contribution in [1.82, 2.24) is 0 Å². The molecule has 0 fully saturated rings. The maximum Gasteiger partial charge on any atom is 0.338 e. The van der Waals surface area contributed by atoms with E-state index in [1.165, 1.54) is 0 Å². The Balaban J connectivity index is 3.06. The molecular formula is C18H30O3Si. The molecule has 4 heteroatoms. The van der Waals surface area contributed by atoms with Crippen LogP contribution in [0.5, 0.6) is 0 Å². The first-order valence-corrected chi connectivity index (χ1v) is 10.9. The number of esters is 1. The molecule has 1 atom stereocenters. The van der Waals surface area contributed by atoms with Gasteiger partial charge in [-0.2, -0.15) is 0 Å². The van der Waals surface area contributed by atoms with Gasteiger partial charge in [-0.3, -0.25) is 0 Å². The molecule has 0 N–H and O–H groups in total. The molecule has 1 aromatic rings. The van der Waals surface area contributed by atoms with E-state index < -0.39 is 14.4 Å². The predicted molar refractivity (Wildman–Crippen MR) is 93.5 cm³/mol. The lowest BCUT2D eigenvalue weighted by molar-refractivity contribution is -0.153. The molecule has 22 heavy (non-hydrogen) atoms. The van der Waals surface area contributed by atoms with Gasteiger partial charge in [0.15, 0.2) is 14.4 Å². The SMILES string of the molecule is CCCOC(=O)C(O[Si](C)(C)C(C)(C)C)c1ccc(C)cc1. The van der Waals surface area contributed by atoms with Crippen LogP contribution in [0.15, 0.2) is 24.3 Å². The largest absolute Gasteiger partial charge is 0.464 e. The number of carbonyl (C=O) groups is 1. The molecule has 1 aromatic carbocycles. The molecule has 0 aliphatic rings. The Hall–Kier alpha value is -1.13. The van der Waals surface area contributed by atoms with E-state index in [2.05, 4.69) is 33.9 Å². The molecule has 1 rings (SSSR count). The molecule has 3 nitrogen and oxygen atoms in total. The zero-order valence-electron chi connectivity index (χ0n) is 15.0. The first-order valence-electron chi connectivity index (χ1n) is 7.99. The topological polar surface area (TPSA) is 35.5 Å². The normalized spacial score (nSPS) is 13.8. The summed E-state index contributed by atoms with van der Waals surface area (Å²) in [4.78, 5) is 12.5. The van der Waals surface area contributed by atoms with Gasteiger partial charge in [-0.05, 0) is 37.0 Å². The van der Waals surface area contributed by atoms with Gasteiger partial charge >= 0.3 is 5.97 Å². The highest BCUT2D eigenvalue weighted by molar-refractivity contribution is 6.74. The van der Waals surface area contributed by atoms with Crippen LogP contribution in [0, 0.1) is 6.92 Å². The minimum absolute atomic E-state index is 0.0426. The standard InChI is InChI=1S/C18H30O3Si/c1-8-13-20-17(19)16(15-11-9-14(2)10-12-15)21-22(6,7)18(3,4)5/h9-12,16H,8,13H2,1-7H3. The van der Waals surface area contributed by atoms with Gasteiger partial charge in [-0.15, -0.1) is 0 Å². The van der Waals surface area contributed by atoms with E-state index in [0.29, 0.717) is 6.61 Å². The third-order valence-corrected chi connectivity index (χ3v) is 8.70. The van der Waals surface area contributed by atoms with Crippen LogP contribution in [-0.4, -0.2) is 20.9 Å². The molecule has 0 aromatic heterocycles. The van der Waals surface area contributed by atoms with Crippen LogP contribution < -0.4 is 0 Å². The fourth-order valence-electron chi connectivity index (χ4n) is 1.74. The van der Waals surface area contributed by atoms with Gasteiger partial charge < -0.3 is 9.16 Å². The van der Waals surface area contributed by atoms with Crippen LogP contribution in [0.3, 0.4) is 0 Å². The van der Waals surface area contributed by atoms with Crippen LogP contribution in [-0.2, 0) is 14.0 Å². The van der Waals surface area contributed by atoms with Crippen LogP contribution in [0.1, 0.15) is 51.3 Å². The van der Waals surface area contributed by atoms with E-state index in [4.69, 9.17) is 9.16 Å². The molecule has 124 valence electrons. The average molecular weight is 323 g/mol. The van der Waals surface area contributed by atoms with Crippen molar-refractivity contribution < 1.29 is 14.0 Å². The summed E-state index contributed by atoms with van der Waals surface area (Å²) in [5.74, 6) is -0.282. The van der Waals surface area contributed by atoms with Gasteiger partial charge in [0, 0.05) is 0 Å². The highest BCUT2D eigenvalue weighted by Crippen LogP contribution is 2.40. The van der Waals surface area contributed by atoms with Crippen molar-refractivity contribution in [2.24, 2.45) is 0 Å². The van der Waals surface area contributed by atoms with Crippen molar-refractivity contribution >= 4 is 14.3 Å². The summed E-state index contributed by atoms with van der Waals surface area (Å²) in [7, 11) is -2.07. The average Bonchev–Trinajstić information content (AvgIpc) is 2.42. The van der Waals surface area contributed by atoms with Gasteiger partial charge in [0.05, 0.1) is 6.61 Å². The number of carbonyl (C=O) groups excluding carboxylic acids is 1. The van der Waals surface area contributed by atoms with Crippen molar-refractivity contribution in [3.63, 3.8) is 0 Å². The van der Waals surface area contributed by atoms with E-state index in [1.807, 2.05) is 38.1 Å². The van der Waals surface area contributed by atoms with E-state index >= 15 is 0 Å². The summed E-state index contributed by atoms with van der Waals surface area (Å²) in [5, 5.41) is 0.0426. The molecule has 0 saturated carbocycles. The molecule has 0 amide bonds. The highest BCUT2D eigenvalue weighted by Gasteiger charge is 2.41. The van der Waals surface area contributed by atoms with Crippen LogP contribution >= 0.6 is 0 Å². The fourth-order valence-corrected chi connectivity index (χ4v) is 2.92. The van der Waals surface area contributed by atoms with Crippen molar-refractivity contribution in [1.29, 1.82) is 0 Å². The van der Waals surface area contributed by atoms with Crippen molar-refractivity contribution in [2.45, 2.75) is 65.3 Å². The van der Waals surface area contributed by atoms with Gasteiger partial charge in [-0.1, -0.05) is 57.5 Å². The van der Waals surface area contributed by atoms with E-state index in [9.17, 15) is 4.79 Å². The van der Waals surface area contributed by atoms with Gasteiger partial charge in [0.2, 0.25) is 0 Å². The minimum Gasteiger partial charge on any atom is -0.464 e. The number of rotatable bonds is 6. The second-order valence-corrected chi connectivity index (χ2v) is 12.1. The molecule has 1 unspecified atom stereocenters. The summed E-state index contributed by atoms with van der Waals surface area (Å²) in [6.07, 6.45) is 0.181. The Morgan fingerprint density at radius 1 is 1.18 bits per heavy atom. The summed E-state index contributed by atoms with van der Waals surface area (Å²) >= 11 is 0. The molecule has 0 bridgehead atoms. The lowest BCUT2D eigenvalue weighted by atomic mass is 10.1. The summed E-state index contributed by atoms with van der Waals surface area (Å²) < 4.78 is 11.7. The molecule has 0 aliphatic heterocycles. The maximum atomic E-state index is 12.5. The first-order chi connectivity index (χ1) is 10.1. The Bertz CT molecular complexity index is 486. The second-order valence-electron chi connectivity index (χ2n) is 7.34. The van der Waals surface area contributed by atoms with E-state index in [1.54, 1.807) is 0 Å². The van der Waals surface area contributed by atoms with Gasteiger partial charge in [-0.25, -0.2) is 4.79 Å². The van der Waals surface area contributed by atoms with E-state index in [0.717, 1.165) is 17.5 Å². The van der Waals surface area contributed by atoms with Gasteiger partial charge in [0.1, 0.15) is 0 Å². The zero-order valence-corrected chi connectivity index (χ0v) is 16.0. The molecule has 0 spiro atoms. The Kier molecular flexibility index (Phi) is 6.38. The fraction of sp³-hybridized carbons (Fsp3) is 0.611. The van der Waals surface area contributed by atoms with Crippen LogP contribution in [0.2, 0.25) is 18.1 Å². The Morgan fingerprint density at radius 3 is 2.18 bits per heavy atom. The summed E-state index contributed by atoms with van der Waals surface area (Å²) in [6, 6.07) is 7.93. The van der Waals surface area contributed by atoms with E-state index in [-0.39, 0.29) is 11.0 Å². The van der Waals surface area contributed by atoms with Crippen LogP contribution in [0.25, 0.3) is 0 Å². The lowest BCUT2D eigenvalue weighted by Crippen LogP contribution is -2.43. The molecule has 0 radical (unpaired) electrons. The Labute approximate surface area is 136 Å². The van der Waals surface area contributed by atoms with Crippen LogP contribution in [0.4, 0.5) is 0 Å². The van der Waals surface area contributed by atoms with Crippen molar-refractivity contribution in [2.75, 3.05) is 6.61 Å². The predicted octanol–water partition coefficient (Wildman–Crippen LogP) is 5.01. The van der Waals surface area contributed by atoms with Crippen molar-refractivity contribution in [3.05, 3.63) is 35.4 Å². The highest BCUT2D eigenvalue weighted by atomic mass is 28.4. The van der Waals surface area contributed by atoms with Gasteiger partial charge in [0.25, 0.3) is 0 Å². The minimum atomic E-state index is -2.07. The number of ether oxygens (including phenoxy) is 1. The maximum absolute atomic E-state index is 12.5. The molecule has 0 aliphatic carbocycles. The number of hydrogen-bond donors (Lipinski definition) is 0. The molecule has 0 heterocycles. The smallest absolute Gasteiger partial charge is 0.338 e. The summed E-state index contributed by atoms with van der Waals surface area (Å²) in [5.41, 5.74) is 2.04. The number of benzene rings is 1. The zero-order chi connectivity index (χ0) is 17.0. The first kappa shape index (κ1) is 18.9. The summed E-state index contributed by atoms with van der Waals surface area (Å²) in [6.45, 7) is 15.3. The number of hydrogen-bond acceptors (Lipinski definition) is 3.